The van der Waals surface area contributed by atoms with Crippen LogP contribution in [0.3, 0.4) is 0 Å². The van der Waals surface area contributed by atoms with Crippen LogP contribution in [0.15, 0.2) is 23.1 Å². The number of alkyl halides is 3. The first-order valence-electron chi connectivity index (χ1n) is 6.05. The molecule has 0 radical (unpaired) electrons. The Morgan fingerprint density at radius 2 is 1.86 bits per heavy atom. The molecule has 0 heterocycles. The lowest BCUT2D eigenvalue weighted by Crippen LogP contribution is -2.50. The fourth-order valence-electron chi connectivity index (χ4n) is 2.17. The van der Waals surface area contributed by atoms with E-state index in [1.807, 2.05) is 0 Å². The van der Waals surface area contributed by atoms with Gasteiger partial charge in [0.1, 0.15) is 0 Å². The van der Waals surface area contributed by atoms with Crippen LogP contribution in [-0.4, -0.2) is 20.5 Å². The van der Waals surface area contributed by atoms with Gasteiger partial charge in [0.15, 0.2) is 0 Å². The molecule has 0 aromatic heterocycles. The predicted octanol–water partition coefficient (Wildman–Crippen LogP) is 2.20. The first kappa shape index (κ1) is 18.2. The van der Waals surface area contributed by atoms with E-state index in [9.17, 15) is 21.6 Å². The molecule has 0 bridgehead atoms. The van der Waals surface area contributed by atoms with Crippen LogP contribution in [-0.2, 0) is 16.2 Å². The van der Waals surface area contributed by atoms with Crippen LogP contribution in [0.25, 0.3) is 0 Å². The molecule has 3 N–H and O–H groups in total. The molecule has 1 aliphatic rings. The van der Waals surface area contributed by atoms with Gasteiger partial charge in [-0.2, -0.15) is 13.2 Å². The third-order valence-electron chi connectivity index (χ3n) is 3.29. The quantitative estimate of drug-likeness (QED) is 0.883. The SMILES string of the molecule is Cc1cc(C(F)(F)F)ccc1S(=O)(=O)NC1CC(N)C1.Cl. The molecule has 1 aromatic carbocycles. The van der Waals surface area contributed by atoms with Crippen molar-refractivity contribution in [3.05, 3.63) is 29.3 Å². The number of hydrogen-bond acceptors (Lipinski definition) is 3. The Hall–Kier alpha value is -0.830. The third-order valence-corrected chi connectivity index (χ3v) is 4.97. The number of sulfonamides is 1. The maximum Gasteiger partial charge on any atom is 0.416 e. The summed E-state index contributed by atoms with van der Waals surface area (Å²) >= 11 is 0. The molecule has 120 valence electrons. The molecule has 0 unspecified atom stereocenters. The number of nitrogens with one attached hydrogen (secondary N) is 1. The lowest BCUT2D eigenvalue weighted by atomic mass is 9.89. The van der Waals surface area contributed by atoms with Gasteiger partial charge >= 0.3 is 6.18 Å². The second-order valence-electron chi connectivity index (χ2n) is 5.03. The molecule has 9 heteroatoms. The maximum absolute atomic E-state index is 12.5. The highest BCUT2D eigenvalue weighted by molar-refractivity contribution is 7.89. The molecule has 1 aromatic rings. The molecule has 0 aliphatic heterocycles. The van der Waals surface area contributed by atoms with Crippen molar-refractivity contribution < 1.29 is 21.6 Å². The van der Waals surface area contributed by atoms with Gasteiger partial charge in [-0.05, 0) is 43.5 Å². The molecular formula is C12H16ClF3N2O2S. The van der Waals surface area contributed by atoms with Crippen LogP contribution in [0.5, 0.6) is 0 Å². The summed E-state index contributed by atoms with van der Waals surface area (Å²) in [5.41, 5.74) is 4.77. The number of aryl methyl sites for hydroxylation is 1. The minimum atomic E-state index is -4.48. The lowest BCUT2D eigenvalue weighted by molar-refractivity contribution is -0.137. The fraction of sp³-hybridized carbons (Fsp3) is 0.500. The van der Waals surface area contributed by atoms with Crippen molar-refractivity contribution in [1.29, 1.82) is 0 Å². The van der Waals surface area contributed by atoms with E-state index >= 15 is 0 Å². The summed E-state index contributed by atoms with van der Waals surface area (Å²) in [5, 5.41) is 0. The number of hydrogen-bond donors (Lipinski definition) is 2. The van der Waals surface area contributed by atoms with E-state index in [1.165, 1.54) is 6.92 Å². The average Bonchev–Trinajstić information content (AvgIpc) is 2.24. The number of halogens is 4. The van der Waals surface area contributed by atoms with Gasteiger partial charge in [-0.25, -0.2) is 13.1 Å². The van der Waals surface area contributed by atoms with Gasteiger partial charge in [0.25, 0.3) is 0 Å². The molecule has 0 saturated heterocycles. The molecule has 1 fully saturated rings. The normalized spacial score (nSPS) is 22.3. The summed E-state index contributed by atoms with van der Waals surface area (Å²) in [7, 11) is -3.81. The fourth-order valence-corrected chi connectivity index (χ4v) is 3.66. The van der Waals surface area contributed by atoms with Crippen LogP contribution >= 0.6 is 12.4 Å². The molecule has 0 atom stereocenters. The Labute approximate surface area is 127 Å². The van der Waals surface area contributed by atoms with Gasteiger partial charge < -0.3 is 5.73 Å². The summed E-state index contributed by atoms with van der Waals surface area (Å²) in [6, 6.07) is 2.34. The Kier molecular flexibility index (Phi) is 5.31. The van der Waals surface area contributed by atoms with E-state index < -0.39 is 21.8 Å². The van der Waals surface area contributed by atoms with E-state index in [0.717, 1.165) is 18.2 Å². The van der Waals surface area contributed by atoms with Crippen molar-refractivity contribution in [3.63, 3.8) is 0 Å². The number of rotatable bonds is 3. The zero-order chi connectivity index (χ0) is 15.1. The van der Waals surface area contributed by atoms with Crippen molar-refractivity contribution >= 4 is 22.4 Å². The zero-order valence-electron chi connectivity index (χ0n) is 11.1. The average molecular weight is 345 g/mol. The second-order valence-corrected chi connectivity index (χ2v) is 6.71. The van der Waals surface area contributed by atoms with Gasteiger partial charge in [-0.1, -0.05) is 0 Å². The van der Waals surface area contributed by atoms with Crippen LogP contribution in [0.1, 0.15) is 24.0 Å². The van der Waals surface area contributed by atoms with Crippen molar-refractivity contribution in [1.82, 2.24) is 4.72 Å². The second kappa shape index (κ2) is 6.12. The molecule has 1 saturated carbocycles. The van der Waals surface area contributed by atoms with Crippen molar-refractivity contribution in [3.8, 4) is 0 Å². The summed E-state index contributed by atoms with van der Waals surface area (Å²) in [6.45, 7) is 1.34. The van der Waals surface area contributed by atoms with Gasteiger partial charge in [-0.3, -0.25) is 0 Å². The lowest BCUT2D eigenvalue weighted by Gasteiger charge is -2.32. The Morgan fingerprint density at radius 1 is 1.29 bits per heavy atom. The monoisotopic (exact) mass is 344 g/mol. The highest BCUT2D eigenvalue weighted by Crippen LogP contribution is 2.31. The standard InChI is InChI=1S/C12H15F3N2O2S.ClH/c1-7-4-8(12(13,14)15)2-3-11(7)20(18,19)17-10-5-9(16)6-10;/h2-4,9-10,17H,5-6,16H2,1H3;1H. The Balaban J connectivity index is 0.00000220. The Morgan fingerprint density at radius 3 is 2.29 bits per heavy atom. The van der Waals surface area contributed by atoms with E-state index in [1.54, 1.807) is 0 Å². The molecule has 2 rings (SSSR count). The summed E-state index contributed by atoms with van der Waals surface area (Å²) in [4.78, 5) is -0.133. The van der Waals surface area contributed by atoms with Crippen molar-refractivity contribution in [2.45, 2.75) is 42.9 Å². The van der Waals surface area contributed by atoms with Gasteiger partial charge in [0, 0.05) is 12.1 Å². The minimum Gasteiger partial charge on any atom is -0.328 e. The molecule has 0 amide bonds. The molecule has 21 heavy (non-hydrogen) atoms. The Bertz CT molecular complexity index is 613. The highest BCUT2D eigenvalue weighted by atomic mass is 35.5. The van der Waals surface area contributed by atoms with Crippen molar-refractivity contribution in [2.75, 3.05) is 0 Å². The summed E-state index contributed by atoms with van der Waals surface area (Å²) < 4.78 is 64.2. The molecular weight excluding hydrogens is 329 g/mol. The van der Waals surface area contributed by atoms with E-state index in [-0.39, 0.29) is 34.9 Å². The summed E-state index contributed by atoms with van der Waals surface area (Å²) in [5.74, 6) is 0. The number of nitrogens with two attached hydrogens (primary N) is 1. The molecule has 0 spiro atoms. The van der Waals surface area contributed by atoms with Crippen LogP contribution in [0.2, 0.25) is 0 Å². The smallest absolute Gasteiger partial charge is 0.328 e. The van der Waals surface area contributed by atoms with Gasteiger partial charge in [-0.15, -0.1) is 12.4 Å². The predicted molar refractivity (Wildman–Crippen MR) is 74.7 cm³/mol. The maximum atomic E-state index is 12.5. The third kappa shape index (κ3) is 4.09. The topological polar surface area (TPSA) is 72.2 Å². The highest BCUT2D eigenvalue weighted by Gasteiger charge is 2.33. The van der Waals surface area contributed by atoms with E-state index in [4.69, 9.17) is 5.73 Å². The van der Waals surface area contributed by atoms with Crippen LogP contribution < -0.4 is 10.5 Å². The first-order chi connectivity index (χ1) is 9.09. The van der Waals surface area contributed by atoms with Gasteiger partial charge in [0.05, 0.1) is 10.5 Å². The largest absolute Gasteiger partial charge is 0.416 e. The van der Waals surface area contributed by atoms with E-state index in [2.05, 4.69) is 4.72 Å². The van der Waals surface area contributed by atoms with E-state index in [0.29, 0.717) is 12.8 Å². The molecule has 1 aliphatic carbocycles. The summed E-state index contributed by atoms with van der Waals surface area (Å²) in [6.07, 6.45) is -3.40. The number of benzene rings is 1. The van der Waals surface area contributed by atoms with Gasteiger partial charge in [0.2, 0.25) is 10.0 Å². The minimum absolute atomic E-state index is 0. The van der Waals surface area contributed by atoms with Crippen LogP contribution in [0.4, 0.5) is 13.2 Å². The zero-order valence-corrected chi connectivity index (χ0v) is 12.8. The van der Waals surface area contributed by atoms with Crippen molar-refractivity contribution in [2.24, 2.45) is 5.73 Å². The molecule has 4 nitrogen and oxygen atoms in total. The van der Waals surface area contributed by atoms with Crippen LogP contribution in [0, 0.1) is 6.92 Å². The first-order valence-corrected chi connectivity index (χ1v) is 7.53.